The topological polar surface area (TPSA) is 67.9 Å². The maximum atomic E-state index is 5.08. The van der Waals surface area contributed by atoms with Gasteiger partial charge in [-0.2, -0.15) is 4.98 Å². The first-order valence-electron chi connectivity index (χ1n) is 8.31. The van der Waals surface area contributed by atoms with Crippen LogP contribution in [0.3, 0.4) is 0 Å². The number of anilines is 1. The Hall–Kier alpha value is -1.80. The average Bonchev–Trinajstić information content (AvgIpc) is 3.24. The predicted octanol–water partition coefficient (Wildman–Crippen LogP) is 4.12. The Kier molecular flexibility index (Phi) is 4.80. The molecule has 0 N–H and O–H groups in total. The summed E-state index contributed by atoms with van der Waals surface area (Å²) < 4.78 is 6.18. The lowest BCUT2D eigenvalue weighted by atomic mass is 9.94. The number of nitrogens with zero attached hydrogens (tertiary/aromatic N) is 5. The van der Waals surface area contributed by atoms with Crippen LogP contribution in [0.25, 0.3) is 10.6 Å². The van der Waals surface area contributed by atoms with Crippen LogP contribution in [-0.2, 0) is 6.42 Å². The van der Waals surface area contributed by atoms with Gasteiger partial charge in [0.1, 0.15) is 5.69 Å². The highest BCUT2D eigenvalue weighted by atomic mass is 79.9. The van der Waals surface area contributed by atoms with Gasteiger partial charge >= 0.3 is 0 Å². The van der Waals surface area contributed by atoms with E-state index in [1.165, 1.54) is 6.42 Å². The first-order chi connectivity index (χ1) is 12.2. The van der Waals surface area contributed by atoms with E-state index in [1.807, 2.05) is 19.1 Å². The number of aromatic nitrogens is 4. The molecule has 6 nitrogen and oxygen atoms in total. The molecule has 0 spiro atoms. The smallest absolute Gasteiger partial charge is 0.223 e. The predicted molar refractivity (Wildman–Crippen MR) is 101 cm³/mol. The summed E-state index contributed by atoms with van der Waals surface area (Å²) in [6.07, 6.45) is 3.17. The standard InChI is InChI=1S/C17H18BrN5OS/c1-11-19-16(22-24-11)9-12-3-2-8-23(10-12)17-7-4-13(20-21-17)14-5-6-15(18)25-14/h4-7,12H,2-3,8-10H2,1H3. The maximum Gasteiger partial charge on any atom is 0.223 e. The molecule has 3 aromatic heterocycles. The molecule has 0 radical (unpaired) electrons. The fourth-order valence-corrected chi connectivity index (χ4v) is 4.55. The van der Waals surface area contributed by atoms with E-state index in [2.05, 4.69) is 53.3 Å². The molecule has 1 aliphatic heterocycles. The zero-order chi connectivity index (χ0) is 17.2. The van der Waals surface area contributed by atoms with E-state index in [4.69, 9.17) is 4.52 Å². The highest BCUT2D eigenvalue weighted by Gasteiger charge is 2.23. The fraction of sp³-hybridized carbons (Fsp3) is 0.412. The van der Waals surface area contributed by atoms with Gasteiger partial charge in [-0.3, -0.25) is 0 Å². The number of hydrogen-bond acceptors (Lipinski definition) is 7. The first kappa shape index (κ1) is 16.7. The molecule has 0 saturated carbocycles. The third-order valence-corrected chi connectivity index (χ3v) is 6.01. The largest absolute Gasteiger partial charge is 0.355 e. The van der Waals surface area contributed by atoms with Gasteiger partial charge in [-0.1, -0.05) is 5.16 Å². The summed E-state index contributed by atoms with van der Waals surface area (Å²) >= 11 is 5.15. The van der Waals surface area contributed by atoms with Crippen LogP contribution in [0.2, 0.25) is 0 Å². The van der Waals surface area contributed by atoms with Gasteiger partial charge in [0.05, 0.1) is 8.66 Å². The minimum atomic E-state index is 0.514. The van der Waals surface area contributed by atoms with Crippen molar-refractivity contribution in [3.63, 3.8) is 0 Å². The van der Waals surface area contributed by atoms with Crippen LogP contribution in [-0.4, -0.2) is 33.4 Å². The van der Waals surface area contributed by atoms with E-state index < -0.39 is 0 Å². The average molecular weight is 420 g/mol. The number of halogens is 1. The van der Waals surface area contributed by atoms with E-state index in [0.717, 1.165) is 51.9 Å². The molecule has 8 heteroatoms. The van der Waals surface area contributed by atoms with Gasteiger partial charge in [0, 0.05) is 26.4 Å². The molecule has 0 bridgehead atoms. The normalized spacial score (nSPS) is 17.8. The summed E-state index contributed by atoms with van der Waals surface area (Å²) in [5, 5.41) is 12.9. The Labute approximate surface area is 158 Å². The molecule has 0 aromatic carbocycles. The quantitative estimate of drug-likeness (QED) is 0.633. The van der Waals surface area contributed by atoms with Crippen LogP contribution in [0.4, 0.5) is 5.82 Å². The van der Waals surface area contributed by atoms with Crippen LogP contribution >= 0.6 is 27.3 Å². The van der Waals surface area contributed by atoms with Crippen LogP contribution < -0.4 is 4.90 Å². The van der Waals surface area contributed by atoms with Crippen molar-refractivity contribution in [1.82, 2.24) is 20.3 Å². The van der Waals surface area contributed by atoms with Gasteiger partial charge < -0.3 is 9.42 Å². The molecular weight excluding hydrogens is 402 g/mol. The Morgan fingerprint density at radius 3 is 2.88 bits per heavy atom. The van der Waals surface area contributed by atoms with Crippen LogP contribution in [0.1, 0.15) is 24.6 Å². The van der Waals surface area contributed by atoms with Gasteiger partial charge in [-0.25, -0.2) is 0 Å². The number of rotatable bonds is 4. The lowest BCUT2D eigenvalue weighted by Gasteiger charge is -2.32. The second-order valence-electron chi connectivity index (χ2n) is 6.27. The zero-order valence-electron chi connectivity index (χ0n) is 13.9. The van der Waals surface area contributed by atoms with Crippen molar-refractivity contribution >= 4 is 33.1 Å². The number of aryl methyl sites for hydroxylation is 1. The minimum absolute atomic E-state index is 0.514. The molecule has 1 unspecified atom stereocenters. The zero-order valence-corrected chi connectivity index (χ0v) is 16.3. The molecule has 0 aliphatic carbocycles. The summed E-state index contributed by atoms with van der Waals surface area (Å²) in [6, 6.07) is 8.20. The molecule has 1 aliphatic rings. The van der Waals surface area contributed by atoms with E-state index in [0.29, 0.717) is 11.8 Å². The van der Waals surface area contributed by atoms with Crippen molar-refractivity contribution in [1.29, 1.82) is 0 Å². The van der Waals surface area contributed by atoms with Crippen LogP contribution in [0, 0.1) is 12.8 Å². The van der Waals surface area contributed by atoms with Crippen molar-refractivity contribution in [2.75, 3.05) is 18.0 Å². The molecule has 0 amide bonds. The Balaban J connectivity index is 1.44. The van der Waals surface area contributed by atoms with Crippen molar-refractivity contribution < 1.29 is 4.52 Å². The highest BCUT2D eigenvalue weighted by Crippen LogP contribution is 2.30. The minimum Gasteiger partial charge on any atom is -0.355 e. The fourth-order valence-electron chi connectivity index (χ4n) is 3.20. The Bertz CT molecular complexity index is 847. The maximum absolute atomic E-state index is 5.08. The third-order valence-electron chi connectivity index (χ3n) is 4.36. The lowest BCUT2D eigenvalue weighted by Crippen LogP contribution is -2.37. The van der Waals surface area contributed by atoms with E-state index >= 15 is 0 Å². The molecule has 130 valence electrons. The number of piperidine rings is 1. The molecule has 1 atom stereocenters. The Morgan fingerprint density at radius 2 is 2.20 bits per heavy atom. The highest BCUT2D eigenvalue weighted by molar-refractivity contribution is 9.11. The van der Waals surface area contributed by atoms with Crippen molar-refractivity contribution in [2.24, 2.45) is 5.92 Å². The molecule has 4 rings (SSSR count). The number of hydrogen-bond donors (Lipinski definition) is 0. The molecule has 25 heavy (non-hydrogen) atoms. The van der Waals surface area contributed by atoms with Gasteiger partial charge in [0.15, 0.2) is 11.6 Å². The lowest BCUT2D eigenvalue weighted by molar-refractivity contribution is 0.369. The molecule has 4 heterocycles. The first-order valence-corrected chi connectivity index (χ1v) is 9.92. The van der Waals surface area contributed by atoms with Crippen LogP contribution in [0.5, 0.6) is 0 Å². The van der Waals surface area contributed by atoms with Crippen molar-refractivity contribution in [2.45, 2.75) is 26.2 Å². The van der Waals surface area contributed by atoms with Gasteiger partial charge in [-0.15, -0.1) is 21.5 Å². The molecule has 3 aromatic rings. The van der Waals surface area contributed by atoms with Crippen molar-refractivity contribution in [3.8, 4) is 10.6 Å². The van der Waals surface area contributed by atoms with E-state index in [1.54, 1.807) is 11.3 Å². The van der Waals surface area contributed by atoms with Crippen LogP contribution in [0.15, 0.2) is 32.6 Å². The molecular formula is C17H18BrN5OS. The summed E-state index contributed by atoms with van der Waals surface area (Å²) in [5.74, 6) is 2.88. The SMILES string of the molecule is Cc1nc(CC2CCCN(c3ccc(-c4ccc(Br)s4)nn3)C2)no1. The second kappa shape index (κ2) is 7.21. The monoisotopic (exact) mass is 419 g/mol. The van der Waals surface area contributed by atoms with E-state index in [-0.39, 0.29) is 0 Å². The third kappa shape index (κ3) is 3.90. The number of thiophene rings is 1. The van der Waals surface area contributed by atoms with Gasteiger partial charge in [0.2, 0.25) is 5.89 Å². The summed E-state index contributed by atoms with van der Waals surface area (Å²) in [6.45, 7) is 3.79. The Morgan fingerprint density at radius 1 is 1.28 bits per heavy atom. The summed E-state index contributed by atoms with van der Waals surface area (Å²) in [7, 11) is 0. The summed E-state index contributed by atoms with van der Waals surface area (Å²) in [5.41, 5.74) is 0.912. The van der Waals surface area contributed by atoms with Crippen molar-refractivity contribution in [3.05, 3.63) is 39.8 Å². The van der Waals surface area contributed by atoms with Gasteiger partial charge in [0.25, 0.3) is 0 Å². The summed E-state index contributed by atoms with van der Waals surface area (Å²) in [4.78, 5) is 7.75. The molecule has 1 fully saturated rings. The second-order valence-corrected chi connectivity index (χ2v) is 8.73. The van der Waals surface area contributed by atoms with Gasteiger partial charge in [-0.05, 0) is 59.0 Å². The van der Waals surface area contributed by atoms with E-state index in [9.17, 15) is 0 Å². The molecule has 1 saturated heterocycles.